The van der Waals surface area contributed by atoms with E-state index in [9.17, 15) is 19.8 Å². The van der Waals surface area contributed by atoms with Crippen LogP contribution in [0.5, 0.6) is 5.75 Å². The summed E-state index contributed by atoms with van der Waals surface area (Å²) in [5.41, 5.74) is 0.808. The van der Waals surface area contributed by atoms with Crippen molar-refractivity contribution in [2.24, 2.45) is 4.99 Å². The van der Waals surface area contributed by atoms with Crippen molar-refractivity contribution in [1.29, 1.82) is 0 Å². The zero-order chi connectivity index (χ0) is 15.1. The molecule has 108 valence electrons. The van der Waals surface area contributed by atoms with Gasteiger partial charge < -0.3 is 14.9 Å². The maximum absolute atomic E-state index is 11.3. The van der Waals surface area contributed by atoms with Crippen molar-refractivity contribution in [3.05, 3.63) is 29.8 Å². The van der Waals surface area contributed by atoms with E-state index in [-0.39, 0.29) is 18.8 Å². The highest BCUT2D eigenvalue weighted by Crippen LogP contribution is 2.21. The van der Waals surface area contributed by atoms with E-state index < -0.39 is 18.0 Å². The lowest BCUT2D eigenvalue weighted by molar-refractivity contribution is -0.142. The first kappa shape index (κ1) is 15.7. The second-order valence-corrected chi connectivity index (χ2v) is 4.18. The van der Waals surface area contributed by atoms with Crippen molar-refractivity contribution in [2.75, 3.05) is 6.61 Å². The van der Waals surface area contributed by atoms with Crippen LogP contribution in [0.1, 0.15) is 31.9 Å². The summed E-state index contributed by atoms with van der Waals surface area (Å²) in [6.45, 7) is 3.54. The lowest BCUT2D eigenvalue weighted by Crippen LogP contribution is -2.14. The van der Waals surface area contributed by atoms with Gasteiger partial charge >= 0.3 is 11.9 Å². The van der Waals surface area contributed by atoms with Crippen LogP contribution in [-0.4, -0.2) is 34.5 Å². The van der Waals surface area contributed by atoms with Gasteiger partial charge in [0.25, 0.3) is 0 Å². The summed E-state index contributed by atoms with van der Waals surface area (Å²) in [6, 6.07) is 4.64. The van der Waals surface area contributed by atoms with Gasteiger partial charge in [-0.25, -0.2) is 4.79 Å². The largest absolute Gasteiger partial charge is 0.508 e. The number of carboxylic acid groups (broad SMARTS) is 1. The molecule has 0 aliphatic rings. The van der Waals surface area contributed by atoms with Gasteiger partial charge in [-0.05, 0) is 31.5 Å². The van der Waals surface area contributed by atoms with E-state index in [0.717, 1.165) is 0 Å². The number of aliphatic carboxylic acids is 1. The molecule has 6 heteroatoms. The highest BCUT2D eigenvalue weighted by Gasteiger charge is 2.19. The third-order valence-corrected chi connectivity index (χ3v) is 2.50. The van der Waals surface area contributed by atoms with Gasteiger partial charge in [-0.3, -0.25) is 9.79 Å². The minimum atomic E-state index is -1.13. The van der Waals surface area contributed by atoms with Gasteiger partial charge in [-0.2, -0.15) is 0 Å². The fraction of sp³-hybridized carbons (Fsp3) is 0.357. The first-order chi connectivity index (χ1) is 9.43. The van der Waals surface area contributed by atoms with Crippen molar-refractivity contribution in [1.82, 2.24) is 0 Å². The first-order valence-corrected chi connectivity index (χ1v) is 6.14. The number of phenols is 1. The number of hydrogen-bond donors (Lipinski definition) is 2. The second-order valence-electron chi connectivity index (χ2n) is 4.18. The van der Waals surface area contributed by atoms with Gasteiger partial charge in [0.2, 0.25) is 0 Å². The van der Waals surface area contributed by atoms with Crippen LogP contribution >= 0.6 is 0 Å². The molecule has 6 nitrogen and oxygen atoms in total. The Morgan fingerprint density at radius 3 is 2.40 bits per heavy atom. The van der Waals surface area contributed by atoms with E-state index in [1.807, 2.05) is 0 Å². The minimum Gasteiger partial charge on any atom is -0.508 e. The van der Waals surface area contributed by atoms with Crippen LogP contribution < -0.4 is 0 Å². The third kappa shape index (κ3) is 4.72. The molecule has 0 amide bonds. The molecule has 1 rings (SSSR count). The quantitative estimate of drug-likeness (QED) is 0.612. The molecule has 20 heavy (non-hydrogen) atoms. The van der Waals surface area contributed by atoms with Gasteiger partial charge in [-0.1, -0.05) is 12.1 Å². The zero-order valence-corrected chi connectivity index (χ0v) is 11.4. The number of aliphatic imine (C=N–C) groups is 1. The van der Waals surface area contributed by atoms with Crippen LogP contribution in [0.15, 0.2) is 29.3 Å². The molecule has 1 aromatic carbocycles. The van der Waals surface area contributed by atoms with Crippen LogP contribution in [-0.2, 0) is 14.3 Å². The molecule has 1 aromatic rings. The number of benzene rings is 1. The average Bonchev–Trinajstić information content (AvgIpc) is 2.37. The van der Waals surface area contributed by atoms with E-state index >= 15 is 0 Å². The molecule has 0 radical (unpaired) electrons. The van der Waals surface area contributed by atoms with E-state index in [1.54, 1.807) is 13.8 Å². The van der Waals surface area contributed by atoms with E-state index in [0.29, 0.717) is 11.3 Å². The smallest absolute Gasteiger partial charge is 0.333 e. The monoisotopic (exact) mass is 279 g/mol. The van der Waals surface area contributed by atoms with Gasteiger partial charge in [0.1, 0.15) is 5.75 Å². The number of esters is 1. The summed E-state index contributed by atoms with van der Waals surface area (Å²) >= 11 is 0. The van der Waals surface area contributed by atoms with Crippen molar-refractivity contribution in [3.8, 4) is 5.75 Å². The minimum absolute atomic E-state index is 0.0459. The normalized spacial score (nSPS) is 12.8. The lowest BCUT2D eigenvalue weighted by atomic mass is 10.1. The molecular formula is C14H17NO5. The van der Waals surface area contributed by atoms with Gasteiger partial charge in [-0.15, -0.1) is 0 Å². The molecule has 0 heterocycles. The maximum Gasteiger partial charge on any atom is 0.333 e. The third-order valence-electron chi connectivity index (χ3n) is 2.50. The van der Waals surface area contributed by atoms with Crippen LogP contribution in [0.4, 0.5) is 0 Å². The molecule has 1 atom stereocenters. The molecule has 0 aromatic heterocycles. The Labute approximate surface area is 116 Å². The van der Waals surface area contributed by atoms with Crippen molar-refractivity contribution >= 4 is 17.7 Å². The Kier molecular flexibility index (Phi) is 5.71. The molecule has 0 bridgehead atoms. The van der Waals surface area contributed by atoms with Crippen LogP contribution in [0.2, 0.25) is 0 Å². The Bertz CT molecular complexity index is 507. The fourth-order valence-corrected chi connectivity index (χ4v) is 1.62. The number of carbonyl (C=O) groups excluding carboxylic acids is 1. The Hall–Kier alpha value is -2.37. The molecule has 0 saturated carbocycles. The Morgan fingerprint density at radius 1 is 1.30 bits per heavy atom. The summed E-state index contributed by atoms with van der Waals surface area (Å²) in [5, 5.41) is 18.4. The first-order valence-electron chi connectivity index (χ1n) is 6.14. The average molecular weight is 279 g/mol. The summed E-state index contributed by atoms with van der Waals surface area (Å²) in [4.78, 5) is 26.6. The number of nitrogens with zero attached hydrogens (tertiary/aromatic N) is 1. The molecule has 0 aliphatic carbocycles. The second kappa shape index (κ2) is 7.28. The van der Waals surface area contributed by atoms with Crippen LogP contribution in [0.3, 0.4) is 0 Å². The lowest BCUT2D eigenvalue weighted by Gasteiger charge is -2.10. The standard InChI is InChI=1S/C14H17NO5/c1-3-20-12(17)8-9(2)15-13(14(18)19)10-4-6-11(16)7-5-10/h4-7,13,16H,3,8H2,1-2H3,(H,18,19)/t13-/m1/s1. The van der Waals surface area contributed by atoms with Gasteiger partial charge in [0, 0.05) is 5.71 Å². The summed E-state index contributed by atoms with van der Waals surface area (Å²) in [7, 11) is 0. The van der Waals surface area contributed by atoms with Crippen molar-refractivity contribution in [2.45, 2.75) is 26.3 Å². The number of rotatable bonds is 6. The number of hydrogen-bond acceptors (Lipinski definition) is 5. The van der Waals surface area contributed by atoms with Crippen LogP contribution in [0, 0.1) is 0 Å². The van der Waals surface area contributed by atoms with E-state index in [4.69, 9.17) is 4.74 Å². The van der Waals surface area contributed by atoms with E-state index in [1.165, 1.54) is 24.3 Å². The highest BCUT2D eigenvalue weighted by molar-refractivity contribution is 5.98. The van der Waals surface area contributed by atoms with Gasteiger partial charge in [0.15, 0.2) is 6.04 Å². The molecule has 0 unspecified atom stereocenters. The number of aromatic hydroxyl groups is 1. The SMILES string of the molecule is CCOC(=O)CC(C)=N[C@@H](C(=O)O)c1ccc(O)cc1. The van der Waals surface area contributed by atoms with Gasteiger partial charge in [0.05, 0.1) is 13.0 Å². The number of carboxylic acids is 1. The molecule has 0 fully saturated rings. The number of carbonyl (C=O) groups is 2. The fourth-order valence-electron chi connectivity index (χ4n) is 1.62. The predicted molar refractivity (Wildman–Crippen MR) is 72.8 cm³/mol. The maximum atomic E-state index is 11.3. The summed E-state index contributed by atoms with van der Waals surface area (Å²) in [5.74, 6) is -1.52. The molecule has 0 aliphatic heterocycles. The number of ether oxygens (including phenoxy) is 1. The highest BCUT2D eigenvalue weighted by atomic mass is 16.5. The summed E-state index contributed by atoms with van der Waals surface area (Å²) < 4.78 is 4.78. The zero-order valence-electron chi connectivity index (χ0n) is 11.4. The molecule has 0 spiro atoms. The Balaban J connectivity index is 2.89. The molecular weight excluding hydrogens is 262 g/mol. The Morgan fingerprint density at radius 2 is 1.90 bits per heavy atom. The number of phenolic OH excluding ortho intramolecular Hbond substituents is 1. The summed E-state index contributed by atoms with van der Waals surface area (Å²) in [6.07, 6.45) is -0.0459. The topological polar surface area (TPSA) is 96.2 Å². The predicted octanol–water partition coefficient (Wildman–Crippen LogP) is 1.93. The molecule has 0 saturated heterocycles. The van der Waals surface area contributed by atoms with Crippen LogP contribution in [0.25, 0.3) is 0 Å². The van der Waals surface area contributed by atoms with E-state index in [2.05, 4.69) is 4.99 Å². The van der Waals surface area contributed by atoms with Crippen molar-refractivity contribution in [3.63, 3.8) is 0 Å². The van der Waals surface area contributed by atoms with Crippen molar-refractivity contribution < 1.29 is 24.5 Å². The molecule has 2 N–H and O–H groups in total.